The number of hydrogen-bond donors (Lipinski definition) is 2. The van der Waals surface area contributed by atoms with Crippen LogP contribution in [0, 0.1) is 13.8 Å². The van der Waals surface area contributed by atoms with Gasteiger partial charge < -0.3 is 10.3 Å². The summed E-state index contributed by atoms with van der Waals surface area (Å²) in [6, 6.07) is 4.58. The summed E-state index contributed by atoms with van der Waals surface area (Å²) in [5.41, 5.74) is 7.73. The number of sulfonamides is 1. The highest BCUT2D eigenvalue weighted by Gasteiger charge is 2.19. The van der Waals surface area contributed by atoms with E-state index < -0.39 is 10.0 Å². The van der Waals surface area contributed by atoms with Crippen molar-refractivity contribution in [3.63, 3.8) is 0 Å². The molecule has 0 unspecified atom stereocenters. The van der Waals surface area contributed by atoms with Crippen LogP contribution in [0.25, 0.3) is 0 Å². The molecule has 6 nitrogen and oxygen atoms in total. The van der Waals surface area contributed by atoms with Gasteiger partial charge in [0.15, 0.2) is 5.82 Å². The molecule has 0 atom stereocenters. The maximum atomic E-state index is 12.1. The van der Waals surface area contributed by atoms with Crippen LogP contribution in [0.5, 0.6) is 0 Å². The van der Waals surface area contributed by atoms with Crippen LogP contribution < -0.4 is 10.5 Å². The molecule has 2 rings (SSSR count). The zero-order chi connectivity index (χ0) is 13.3. The Balaban J connectivity index is 2.44. The molecule has 0 saturated carbocycles. The van der Waals surface area contributed by atoms with Crippen molar-refractivity contribution in [1.82, 2.24) is 5.16 Å². The van der Waals surface area contributed by atoms with Crippen molar-refractivity contribution in [3.8, 4) is 0 Å². The Bertz CT molecular complexity index is 663. The standard InChI is InChI=1S/C11H13N3O3S/c1-7-5-9(12)10(6-8(7)2)18(15,16)14-11-3-4-17-13-11/h3-6H,12H2,1-2H3,(H,13,14). The average molecular weight is 267 g/mol. The van der Waals surface area contributed by atoms with Crippen molar-refractivity contribution in [2.45, 2.75) is 18.7 Å². The molecule has 0 spiro atoms. The molecule has 2 aromatic rings. The summed E-state index contributed by atoms with van der Waals surface area (Å²) in [5.74, 6) is 0.118. The Morgan fingerprint density at radius 2 is 1.94 bits per heavy atom. The topological polar surface area (TPSA) is 98.2 Å². The van der Waals surface area contributed by atoms with E-state index in [0.717, 1.165) is 11.1 Å². The van der Waals surface area contributed by atoms with Gasteiger partial charge >= 0.3 is 0 Å². The number of hydrogen-bond acceptors (Lipinski definition) is 5. The summed E-state index contributed by atoms with van der Waals surface area (Å²) in [4.78, 5) is 0.0357. The summed E-state index contributed by atoms with van der Waals surface area (Å²) in [7, 11) is -3.75. The summed E-state index contributed by atoms with van der Waals surface area (Å²) in [5, 5.41) is 3.49. The third-order valence-electron chi connectivity index (χ3n) is 2.59. The van der Waals surface area contributed by atoms with Gasteiger partial charge in [-0.05, 0) is 37.1 Å². The Morgan fingerprint density at radius 1 is 1.28 bits per heavy atom. The van der Waals surface area contributed by atoms with Gasteiger partial charge in [0.1, 0.15) is 11.2 Å². The average Bonchev–Trinajstić information content (AvgIpc) is 2.75. The minimum Gasteiger partial charge on any atom is -0.398 e. The first-order valence-electron chi connectivity index (χ1n) is 5.20. The molecule has 0 radical (unpaired) electrons. The van der Waals surface area contributed by atoms with Crippen molar-refractivity contribution in [3.05, 3.63) is 35.6 Å². The van der Waals surface area contributed by atoms with Gasteiger partial charge in [-0.25, -0.2) is 8.42 Å². The number of benzene rings is 1. The van der Waals surface area contributed by atoms with Crippen LogP contribution in [-0.4, -0.2) is 13.6 Å². The molecular weight excluding hydrogens is 254 g/mol. The smallest absolute Gasteiger partial charge is 0.265 e. The summed E-state index contributed by atoms with van der Waals surface area (Å²) in [6.45, 7) is 3.69. The van der Waals surface area contributed by atoms with Crippen LogP contribution in [0.1, 0.15) is 11.1 Å². The van der Waals surface area contributed by atoms with Crippen molar-refractivity contribution >= 4 is 21.5 Å². The number of nitrogens with one attached hydrogen (secondary N) is 1. The molecule has 96 valence electrons. The predicted molar refractivity (Wildman–Crippen MR) is 67.6 cm³/mol. The lowest BCUT2D eigenvalue weighted by Crippen LogP contribution is -2.15. The molecule has 0 fully saturated rings. The molecule has 0 bridgehead atoms. The number of nitrogen functional groups attached to an aromatic ring is 1. The molecule has 1 aromatic heterocycles. The van der Waals surface area contributed by atoms with Gasteiger partial charge in [0.2, 0.25) is 0 Å². The van der Waals surface area contributed by atoms with Crippen LogP contribution in [0.15, 0.2) is 33.9 Å². The highest BCUT2D eigenvalue weighted by atomic mass is 32.2. The molecule has 0 amide bonds. The largest absolute Gasteiger partial charge is 0.398 e. The summed E-state index contributed by atoms with van der Waals surface area (Å²) in [6.07, 6.45) is 1.28. The van der Waals surface area contributed by atoms with E-state index in [1.807, 2.05) is 13.8 Å². The Kier molecular flexibility index (Phi) is 3.00. The van der Waals surface area contributed by atoms with Gasteiger partial charge in [0.25, 0.3) is 10.0 Å². The van der Waals surface area contributed by atoms with Crippen molar-refractivity contribution in [1.29, 1.82) is 0 Å². The highest BCUT2D eigenvalue weighted by molar-refractivity contribution is 7.92. The van der Waals surface area contributed by atoms with E-state index in [0.29, 0.717) is 0 Å². The Morgan fingerprint density at radius 3 is 2.56 bits per heavy atom. The number of nitrogens with two attached hydrogens (primary N) is 1. The number of rotatable bonds is 3. The van der Waals surface area contributed by atoms with Gasteiger partial charge in [-0.1, -0.05) is 5.16 Å². The van der Waals surface area contributed by atoms with Crippen LogP contribution in [0.2, 0.25) is 0 Å². The van der Waals surface area contributed by atoms with Crippen molar-refractivity contribution < 1.29 is 12.9 Å². The zero-order valence-electron chi connectivity index (χ0n) is 9.97. The van der Waals surface area contributed by atoms with Gasteiger partial charge in [0.05, 0.1) is 5.69 Å². The second-order valence-electron chi connectivity index (χ2n) is 3.96. The van der Waals surface area contributed by atoms with Gasteiger partial charge in [-0.3, -0.25) is 4.72 Å². The van der Waals surface area contributed by atoms with Gasteiger partial charge in [-0.15, -0.1) is 0 Å². The maximum absolute atomic E-state index is 12.1. The number of aryl methyl sites for hydroxylation is 2. The SMILES string of the molecule is Cc1cc(N)c(S(=O)(=O)Nc2ccon2)cc1C. The molecule has 18 heavy (non-hydrogen) atoms. The normalized spacial score (nSPS) is 11.4. The van der Waals surface area contributed by atoms with Crippen LogP contribution >= 0.6 is 0 Å². The molecule has 0 aliphatic carbocycles. The first kappa shape index (κ1) is 12.4. The van der Waals surface area contributed by atoms with E-state index in [9.17, 15) is 8.42 Å². The van der Waals surface area contributed by atoms with Crippen LogP contribution in [0.3, 0.4) is 0 Å². The van der Waals surface area contributed by atoms with E-state index in [-0.39, 0.29) is 16.4 Å². The van der Waals surface area contributed by atoms with E-state index in [4.69, 9.17) is 5.73 Å². The van der Waals surface area contributed by atoms with Crippen molar-refractivity contribution in [2.75, 3.05) is 10.5 Å². The first-order chi connectivity index (χ1) is 8.40. The zero-order valence-corrected chi connectivity index (χ0v) is 10.8. The first-order valence-corrected chi connectivity index (χ1v) is 6.68. The second kappa shape index (κ2) is 4.34. The number of aromatic nitrogens is 1. The molecular formula is C11H13N3O3S. The fraction of sp³-hybridized carbons (Fsp3) is 0.182. The van der Waals surface area contributed by atoms with E-state index in [1.165, 1.54) is 18.4 Å². The quantitative estimate of drug-likeness (QED) is 0.824. The van der Waals surface area contributed by atoms with Gasteiger partial charge in [-0.2, -0.15) is 0 Å². The van der Waals surface area contributed by atoms with Crippen LogP contribution in [0.4, 0.5) is 11.5 Å². The van der Waals surface area contributed by atoms with E-state index in [1.54, 1.807) is 6.07 Å². The predicted octanol–water partition coefficient (Wildman–Crippen LogP) is 1.67. The molecule has 0 aliphatic heterocycles. The highest BCUT2D eigenvalue weighted by Crippen LogP contribution is 2.24. The third-order valence-corrected chi connectivity index (χ3v) is 4.00. The van der Waals surface area contributed by atoms with Crippen LogP contribution in [-0.2, 0) is 10.0 Å². The fourth-order valence-corrected chi connectivity index (χ4v) is 2.69. The fourth-order valence-electron chi connectivity index (χ4n) is 1.50. The molecule has 1 heterocycles. The second-order valence-corrected chi connectivity index (χ2v) is 5.62. The summed E-state index contributed by atoms with van der Waals surface area (Å²) >= 11 is 0. The summed E-state index contributed by atoms with van der Waals surface area (Å²) < 4.78 is 31.1. The molecule has 7 heteroatoms. The van der Waals surface area contributed by atoms with E-state index >= 15 is 0 Å². The lowest BCUT2D eigenvalue weighted by molar-refractivity contribution is 0.423. The minimum absolute atomic E-state index is 0.0357. The van der Waals surface area contributed by atoms with E-state index in [2.05, 4.69) is 14.4 Å². The molecule has 1 aromatic carbocycles. The molecule has 0 saturated heterocycles. The third kappa shape index (κ3) is 2.30. The van der Waals surface area contributed by atoms with Crippen molar-refractivity contribution in [2.24, 2.45) is 0 Å². The minimum atomic E-state index is -3.75. The maximum Gasteiger partial charge on any atom is 0.265 e. The molecule has 0 aliphatic rings. The number of anilines is 2. The lowest BCUT2D eigenvalue weighted by atomic mass is 10.1. The lowest BCUT2D eigenvalue weighted by Gasteiger charge is -2.10. The molecule has 3 N–H and O–H groups in total. The monoisotopic (exact) mass is 267 g/mol. The number of nitrogens with zero attached hydrogens (tertiary/aromatic N) is 1. The van der Waals surface area contributed by atoms with Gasteiger partial charge in [0, 0.05) is 6.07 Å². The Hall–Kier alpha value is -2.02. The Labute approximate surface area is 105 Å².